The Morgan fingerprint density at radius 3 is 2.34 bits per heavy atom. The summed E-state index contributed by atoms with van der Waals surface area (Å²) in [6, 6.07) is 2.23. The molecule has 11 heteroatoms. The van der Waals surface area contributed by atoms with Crippen molar-refractivity contribution in [3.8, 4) is 11.4 Å². The molecule has 5 N–H and O–H groups in total. The van der Waals surface area contributed by atoms with Crippen LogP contribution in [0.3, 0.4) is 0 Å². The van der Waals surface area contributed by atoms with Crippen LogP contribution >= 0.6 is 15.9 Å². The van der Waals surface area contributed by atoms with Gasteiger partial charge in [0.15, 0.2) is 0 Å². The number of amides is 1. The third kappa shape index (κ3) is 2.96. The Balaban J connectivity index is 2.64. The molecule has 0 aliphatic heterocycles. The average Bonchev–Trinajstić information content (AvgIpc) is 2.88. The van der Waals surface area contributed by atoms with E-state index in [1.807, 2.05) is 0 Å². The number of nitrogen functional groups attached to an aromatic ring is 1. The Hall–Kier alpha value is -2.95. The number of anilines is 1. The van der Waals surface area contributed by atoms with Gasteiger partial charge in [-0.25, -0.2) is 0 Å². The highest BCUT2D eigenvalue weighted by molar-refractivity contribution is 9.10. The molecule has 0 saturated heterocycles. The number of aromatic nitrogens is 2. The molecule has 2 aromatic heterocycles. The maximum absolute atomic E-state index is 13.4. The Bertz CT molecular complexity index is 1260. The molecule has 0 aliphatic rings. The minimum atomic E-state index is -4.84. The lowest BCUT2D eigenvalue weighted by Gasteiger charge is -2.17. The number of carbonyl (C=O) groups is 1. The van der Waals surface area contributed by atoms with E-state index in [1.165, 1.54) is 0 Å². The Labute approximate surface area is 170 Å². The van der Waals surface area contributed by atoms with Gasteiger partial charge in [0.2, 0.25) is 0 Å². The number of rotatable bonds is 2. The van der Waals surface area contributed by atoms with Gasteiger partial charge in [-0.2, -0.15) is 13.2 Å². The number of halogens is 4. The van der Waals surface area contributed by atoms with Gasteiger partial charge in [0.05, 0.1) is 15.7 Å². The summed E-state index contributed by atoms with van der Waals surface area (Å²) in [5.41, 5.74) is 9.66. The lowest BCUT2D eigenvalue weighted by molar-refractivity contribution is -0.143. The molecule has 0 unspecified atom stereocenters. The summed E-state index contributed by atoms with van der Waals surface area (Å²) >= 11 is 3.20. The van der Waals surface area contributed by atoms with E-state index in [-0.39, 0.29) is 28.2 Å². The van der Waals surface area contributed by atoms with Crippen LogP contribution in [0.4, 0.5) is 19.0 Å². The van der Waals surface area contributed by atoms with Crippen LogP contribution in [0.25, 0.3) is 16.6 Å². The van der Waals surface area contributed by atoms with Crippen molar-refractivity contribution in [1.29, 1.82) is 0 Å². The van der Waals surface area contributed by atoms with Crippen LogP contribution in [0.15, 0.2) is 21.4 Å². The first-order valence-electron chi connectivity index (χ1n) is 8.19. The molecule has 7 nitrogen and oxygen atoms in total. The number of hydrogen-bond donors (Lipinski definition) is 3. The smallest absolute Gasteiger partial charge is 0.431 e. The summed E-state index contributed by atoms with van der Waals surface area (Å²) < 4.78 is 42.2. The van der Waals surface area contributed by atoms with Crippen LogP contribution in [0.2, 0.25) is 0 Å². The molecule has 0 radical (unpaired) electrons. The summed E-state index contributed by atoms with van der Waals surface area (Å²) in [5.74, 6) is -1.52. The van der Waals surface area contributed by atoms with Crippen LogP contribution in [-0.2, 0) is 13.2 Å². The summed E-state index contributed by atoms with van der Waals surface area (Å²) in [5, 5.41) is 9.99. The SMILES string of the molecule is Cc1cc(Br)c(O)c(C)c1-n1c(N)c(C(N)=O)c2cc(C(F)(F)F)n(C)c(=O)c21. The fourth-order valence-electron chi connectivity index (χ4n) is 3.48. The summed E-state index contributed by atoms with van der Waals surface area (Å²) in [6.07, 6.45) is -4.84. The average molecular weight is 473 g/mol. The molecule has 0 fully saturated rings. The zero-order valence-electron chi connectivity index (χ0n) is 15.5. The van der Waals surface area contributed by atoms with Gasteiger partial charge in [0, 0.05) is 18.0 Å². The van der Waals surface area contributed by atoms with E-state index in [1.54, 1.807) is 19.9 Å². The number of nitrogens with zero attached hydrogens (tertiary/aromatic N) is 2. The van der Waals surface area contributed by atoms with Gasteiger partial charge >= 0.3 is 6.18 Å². The van der Waals surface area contributed by atoms with Gasteiger partial charge in [-0.3, -0.25) is 14.2 Å². The van der Waals surface area contributed by atoms with Crippen LogP contribution in [0.5, 0.6) is 5.75 Å². The van der Waals surface area contributed by atoms with Crippen molar-refractivity contribution in [3.05, 3.63) is 49.3 Å². The Morgan fingerprint density at radius 1 is 1.24 bits per heavy atom. The highest BCUT2D eigenvalue weighted by Gasteiger charge is 2.36. The van der Waals surface area contributed by atoms with Gasteiger partial charge in [0.25, 0.3) is 11.5 Å². The van der Waals surface area contributed by atoms with E-state index in [0.29, 0.717) is 26.2 Å². The number of aryl methyl sites for hydroxylation is 1. The van der Waals surface area contributed by atoms with Crippen molar-refractivity contribution >= 4 is 38.6 Å². The van der Waals surface area contributed by atoms with Gasteiger partial charge in [-0.1, -0.05) is 0 Å². The summed E-state index contributed by atoms with van der Waals surface area (Å²) in [4.78, 5) is 24.9. The van der Waals surface area contributed by atoms with Crippen molar-refractivity contribution < 1.29 is 23.1 Å². The second-order valence-corrected chi connectivity index (χ2v) is 7.47. The van der Waals surface area contributed by atoms with Gasteiger partial charge < -0.3 is 21.1 Å². The number of nitrogens with two attached hydrogens (primary N) is 2. The van der Waals surface area contributed by atoms with Gasteiger partial charge in [-0.05, 0) is 47.5 Å². The lowest BCUT2D eigenvalue weighted by Crippen LogP contribution is -2.27. The molecular weight excluding hydrogens is 457 g/mol. The summed E-state index contributed by atoms with van der Waals surface area (Å²) in [6.45, 7) is 3.21. The first-order valence-corrected chi connectivity index (χ1v) is 8.98. The molecule has 1 amide bonds. The molecule has 2 heterocycles. The lowest BCUT2D eigenvalue weighted by atomic mass is 10.1. The largest absolute Gasteiger partial charge is 0.506 e. The Morgan fingerprint density at radius 2 is 1.83 bits per heavy atom. The molecule has 0 aliphatic carbocycles. The zero-order valence-corrected chi connectivity index (χ0v) is 17.1. The Kier molecular flexibility index (Phi) is 4.69. The predicted molar refractivity (Wildman–Crippen MR) is 105 cm³/mol. The number of benzene rings is 1. The van der Waals surface area contributed by atoms with E-state index in [0.717, 1.165) is 11.6 Å². The number of alkyl halides is 3. The number of primary amides is 1. The molecule has 0 bridgehead atoms. The second kappa shape index (κ2) is 6.55. The molecule has 0 spiro atoms. The molecular formula is C18H16BrF3N4O3. The molecule has 3 rings (SSSR count). The fourth-order valence-corrected chi connectivity index (χ4v) is 4.12. The predicted octanol–water partition coefficient (Wildman–Crippen LogP) is 3.11. The van der Waals surface area contributed by atoms with E-state index in [2.05, 4.69) is 15.9 Å². The van der Waals surface area contributed by atoms with Crippen molar-refractivity contribution in [2.24, 2.45) is 12.8 Å². The van der Waals surface area contributed by atoms with Crippen LogP contribution in [0, 0.1) is 13.8 Å². The molecule has 0 atom stereocenters. The van der Waals surface area contributed by atoms with Crippen molar-refractivity contribution in [2.45, 2.75) is 20.0 Å². The zero-order chi connectivity index (χ0) is 22.0. The number of fused-ring (bicyclic) bond motifs is 1. The maximum atomic E-state index is 13.4. The molecule has 3 aromatic rings. The normalized spacial score (nSPS) is 12.0. The first-order chi connectivity index (χ1) is 13.3. The van der Waals surface area contributed by atoms with Crippen LogP contribution < -0.4 is 17.0 Å². The van der Waals surface area contributed by atoms with Crippen LogP contribution in [0.1, 0.15) is 27.2 Å². The van der Waals surface area contributed by atoms with Crippen molar-refractivity contribution in [3.63, 3.8) is 0 Å². The van der Waals surface area contributed by atoms with E-state index < -0.39 is 28.9 Å². The van der Waals surface area contributed by atoms with E-state index >= 15 is 0 Å². The number of pyridine rings is 1. The number of hydrogen-bond acceptors (Lipinski definition) is 4. The number of carbonyl (C=O) groups excluding carboxylic acids is 1. The van der Waals surface area contributed by atoms with E-state index in [9.17, 15) is 27.9 Å². The minimum absolute atomic E-state index is 0.142. The number of phenols is 1. The van der Waals surface area contributed by atoms with Gasteiger partial charge in [0.1, 0.15) is 22.8 Å². The standard InChI is InChI=1S/C18H16BrF3N4O3/c1-6-4-9(19)14(27)7(2)12(6)26-13-8(11(15(26)23)16(24)28)5-10(18(20,21)22)25(3)17(13)29/h4-5,27H,23H2,1-3H3,(H2,24,28). The number of phenolic OH excluding ortho intramolecular Hbond substituents is 1. The van der Waals surface area contributed by atoms with Gasteiger partial charge in [-0.15, -0.1) is 0 Å². The quantitative estimate of drug-likeness (QED) is 0.531. The minimum Gasteiger partial charge on any atom is -0.506 e. The molecule has 29 heavy (non-hydrogen) atoms. The topological polar surface area (TPSA) is 116 Å². The van der Waals surface area contributed by atoms with E-state index in [4.69, 9.17) is 11.5 Å². The third-order valence-electron chi connectivity index (χ3n) is 4.81. The molecule has 154 valence electrons. The molecule has 0 saturated carbocycles. The van der Waals surface area contributed by atoms with Crippen molar-refractivity contribution in [1.82, 2.24) is 9.13 Å². The monoisotopic (exact) mass is 472 g/mol. The number of aromatic hydroxyl groups is 1. The van der Waals surface area contributed by atoms with Crippen molar-refractivity contribution in [2.75, 3.05) is 5.73 Å². The fraction of sp³-hybridized carbons (Fsp3) is 0.222. The molecule has 1 aromatic carbocycles. The highest BCUT2D eigenvalue weighted by atomic mass is 79.9. The van der Waals surface area contributed by atoms with Crippen LogP contribution in [-0.4, -0.2) is 20.1 Å². The maximum Gasteiger partial charge on any atom is 0.431 e. The first kappa shape index (κ1) is 20.8. The third-order valence-corrected chi connectivity index (χ3v) is 5.41. The summed E-state index contributed by atoms with van der Waals surface area (Å²) in [7, 11) is 0.973. The second-order valence-electron chi connectivity index (χ2n) is 6.61. The highest BCUT2D eigenvalue weighted by Crippen LogP contribution is 2.39.